The molecule has 0 heterocycles. The van der Waals surface area contributed by atoms with Gasteiger partial charge in [-0.25, -0.2) is 8.42 Å². The molecule has 0 saturated carbocycles. The van der Waals surface area contributed by atoms with E-state index in [2.05, 4.69) is 5.32 Å². The Morgan fingerprint density at radius 1 is 0.905 bits per heavy atom. The van der Waals surface area contributed by atoms with Gasteiger partial charge >= 0.3 is 0 Å². The first kappa shape index (κ1) is 33.4. The number of carbonyl (C=O) groups is 2. The molecule has 3 aromatic rings. The van der Waals surface area contributed by atoms with E-state index in [1.54, 1.807) is 30.3 Å². The number of anilines is 1. The maximum absolute atomic E-state index is 14.0. The summed E-state index contributed by atoms with van der Waals surface area (Å²) in [5.41, 5.74) is 2.42. The van der Waals surface area contributed by atoms with E-state index >= 15 is 0 Å². The molecule has 3 rings (SSSR count). The van der Waals surface area contributed by atoms with E-state index in [0.29, 0.717) is 21.3 Å². The van der Waals surface area contributed by atoms with E-state index in [4.69, 9.17) is 23.2 Å². The lowest BCUT2D eigenvalue weighted by atomic mass is 10.00. The van der Waals surface area contributed by atoms with E-state index in [1.165, 1.54) is 9.21 Å². The van der Waals surface area contributed by atoms with Crippen LogP contribution < -0.4 is 9.62 Å². The summed E-state index contributed by atoms with van der Waals surface area (Å²) in [6.45, 7) is 7.69. The SMILES string of the molecule is Cc1ccc(N(CCCC(=O)N(Cc2c(Cl)cccc2Cl)[C@H](Cc2ccccc2)C(=O)NC(C)(C)C)S(C)(=O)=O)cc1. The molecule has 7 nitrogen and oxygen atoms in total. The molecule has 0 aliphatic carbocycles. The summed E-state index contributed by atoms with van der Waals surface area (Å²) in [7, 11) is -3.59. The van der Waals surface area contributed by atoms with Crippen molar-refractivity contribution in [2.45, 2.75) is 65.1 Å². The van der Waals surface area contributed by atoms with Gasteiger partial charge in [-0.15, -0.1) is 0 Å². The topological polar surface area (TPSA) is 86.8 Å². The second-order valence-corrected chi connectivity index (χ2v) is 14.2. The van der Waals surface area contributed by atoms with E-state index in [0.717, 1.165) is 17.4 Å². The Labute approximate surface area is 259 Å². The zero-order valence-electron chi connectivity index (χ0n) is 24.7. The van der Waals surface area contributed by atoms with Crippen molar-refractivity contribution in [3.05, 3.63) is 99.5 Å². The number of hydrogen-bond acceptors (Lipinski definition) is 4. The van der Waals surface area contributed by atoms with Gasteiger partial charge in [0, 0.05) is 47.1 Å². The molecule has 2 amide bonds. The minimum Gasteiger partial charge on any atom is -0.350 e. The highest BCUT2D eigenvalue weighted by molar-refractivity contribution is 7.92. The van der Waals surface area contributed by atoms with Crippen LogP contribution in [0.25, 0.3) is 0 Å². The molecule has 1 N–H and O–H groups in total. The second-order valence-electron chi connectivity index (χ2n) is 11.4. The monoisotopic (exact) mass is 631 g/mol. The third-order valence-corrected chi connectivity index (χ3v) is 8.54. The van der Waals surface area contributed by atoms with Gasteiger partial charge < -0.3 is 10.2 Å². The Balaban J connectivity index is 1.94. The van der Waals surface area contributed by atoms with Gasteiger partial charge in [0.05, 0.1) is 11.9 Å². The zero-order chi connectivity index (χ0) is 31.1. The molecule has 1 atom stereocenters. The number of sulfonamides is 1. The molecule has 0 saturated heterocycles. The smallest absolute Gasteiger partial charge is 0.243 e. The fraction of sp³-hybridized carbons (Fsp3) is 0.375. The van der Waals surface area contributed by atoms with Gasteiger partial charge in [0.15, 0.2) is 0 Å². The molecule has 0 aromatic heterocycles. The predicted molar refractivity (Wildman–Crippen MR) is 171 cm³/mol. The summed E-state index contributed by atoms with van der Waals surface area (Å²) in [6, 6.07) is 20.9. The van der Waals surface area contributed by atoms with Gasteiger partial charge in [0.1, 0.15) is 6.04 Å². The maximum atomic E-state index is 14.0. The Morgan fingerprint density at radius 3 is 2.05 bits per heavy atom. The molecular weight excluding hydrogens is 593 g/mol. The van der Waals surface area contributed by atoms with Gasteiger partial charge in [-0.2, -0.15) is 0 Å². The average molecular weight is 633 g/mol. The summed E-state index contributed by atoms with van der Waals surface area (Å²) in [4.78, 5) is 29.2. The summed E-state index contributed by atoms with van der Waals surface area (Å²) >= 11 is 13.0. The second kappa shape index (κ2) is 14.4. The number of rotatable bonds is 12. The normalized spacial score (nSPS) is 12.5. The molecule has 0 radical (unpaired) electrons. The molecule has 42 heavy (non-hydrogen) atoms. The maximum Gasteiger partial charge on any atom is 0.243 e. The summed E-state index contributed by atoms with van der Waals surface area (Å²) in [5, 5.41) is 3.80. The molecule has 10 heteroatoms. The summed E-state index contributed by atoms with van der Waals surface area (Å²) in [5.74, 6) is -0.617. The number of aryl methyl sites for hydroxylation is 1. The van der Waals surface area contributed by atoms with Crippen LogP contribution in [0.1, 0.15) is 50.3 Å². The number of carbonyl (C=O) groups excluding carboxylic acids is 2. The van der Waals surface area contributed by atoms with Crippen molar-refractivity contribution in [1.82, 2.24) is 10.2 Å². The van der Waals surface area contributed by atoms with E-state index in [-0.39, 0.29) is 44.2 Å². The molecule has 3 aromatic carbocycles. The number of amides is 2. The minimum absolute atomic E-state index is 0.00798. The number of nitrogens with one attached hydrogen (secondary N) is 1. The van der Waals surface area contributed by atoms with Crippen LogP contribution in [0.5, 0.6) is 0 Å². The van der Waals surface area contributed by atoms with Crippen molar-refractivity contribution in [2.24, 2.45) is 0 Å². The third kappa shape index (κ3) is 9.75. The lowest BCUT2D eigenvalue weighted by Crippen LogP contribution is -2.54. The lowest BCUT2D eigenvalue weighted by Gasteiger charge is -2.34. The molecule has 0 aliphatic heterocycles. The Morgan fingerprint density at radius 2 is 1.50 bits per heavy atom. The number of nitrogens with zero attached hydrogens (tertiary/aromatic N) is 2. The predicted octanol–water partition coefficient (Wildman–Crippen LogP) is 6.40. The lowest BCUT2D eigenvalue weighted by molar-refractivity contribution is -0.142. The Bertz CT molecular complexity index is 1450. The fourth-order valence-electron chi connectivity index (χ4n) is 4.58. The Kier molecular flexibility index (Phi) is 11.5. The van der Waals surface area contributed by atoms with Crippen LogP contribution in [-0.4, -0.2) is 49.5 Å². The van der Waals surface area contributed by atoms with Crippen molar-refractivity contribution in [1.29, 1.82) is 0 Å². The molecule has 0 bridgehead atoms. The van der Waals surface area contributed by atoms with Gasteiger partial charge in [-0.05, 0) is 63.9 Å². The zero-order valence-corrected chi connectivity index (χ0v) is 27.1. The largest absolute Gasteiger partial charge is 0.350 e. The van der Waals surface area contributed by atoms with Crippen LogP contribution in [0.4, 0.5) is 5.69 Å². The van der Waals surface area contributed by atoms with Crippen molar-refractivity contribution in [3.8, 4) is 0 Å². The summed E-state index contributed by atoms with van der Waals surface area (Å²) < 4.78 is 26.5. The summed E-state index contributed by atoms with van der Waals surface area (Å²) in [6.07, 6.45) is 1.67. The highest BCUT2D eigenvalue weighted by Crippen LogP contribution is 2.28. The van der Waals surface area contributed by atoms with Crippen molar-refractivity contribution in [3.63, 3.8) is 0 Å². The number of halogens is 2. The van der Waals surface area contributed by atoms with Gasteiger partial charge in [-0.3, -0.25) is 13.9 Å². The van der Waals surface area contributed by atoms with E-state index in [9.17, 15) is 18.0 Å². The van der Waals surface area contributed by atoms with Gasteiger partial charge in [0.25, 0.3) is 0 Å². The standard InChI is InChI=1S/C32H39Cl2N3O4S/c1-23-16-18-25(19-17-23)37(42(5,40)41)20-10-15-30(38)36(22-26-27(33)13-9-14-28(26)34)29(31(39)35-32(2,3)4)21-24-11-7-6-8-12-24/h6-9,11-14,16-19,29H,10,15,20-22H2,1-5H3,(H,35,39)/t29-/m1/s1. The fourth-order valence-corrected chi connectivity index (χ4v) is 6.06. The quantitative estimate of drug-likeness (QED) is 0.250. The van der Waals surface area contributed by atoms with E-state index in [1.807, 2.05) is 70.2 Å². The van der Waals surface area contributed by atoms with Gasteiger partial charge in [-0.1, -0.05) is 77.3 Å². The van der Waals surface area contributed by atoms with E-state index < -0.39 is 21.6 Å². The molecule has 0 unspecified atom stereocenters. The first-order chi connectivity index (χ1) is 19.7. The van der Waals surface area contributed by atoms with Crippen LogP contribution in [0.15, 0.2) is 72.8 Å². The molecule has 226 valence electrons. The van der Waals surface area contributed by atoms with Crippen LogP contribution in [0, 0.1) is 6.92 Å². The minimum atomic E-state index is -3.59. The number of hydrogen-bond donors (Lipinski definition) is 1. The third-order valence-electron chi connectivity index (χ3n) is 6.63. The Hall–Kier alpha value is -3.07. The first-order valence-electron chi connectivity index (χ1n) is 13.8. The van der Waals surface area contributed by atoms with Gasteiger partial charge in [0.2, 0.25) is 21.8 Å². The highest BCUT2D eigenvalue weighted by atomic mass is 35.5. The first-order valence-corrected chi connectivity index (χ1v) is 16.4. The van der Waals surface area contributed by atoms with Crippen LogP contribution in [-0.2, 0) is 32.6 Å². The van der Waals surface area contributed by atoms with Crippen LogP contribution in [0.3, 0.4) is 0 Å². The van der Waals surface area contributed by atoms with Crippen LogP contribution in [0.2, 0.25) is 10.0 Å². The van der Waals surface area contributed by atoms with Crippen molar-refractivity contribution < 1.29 is 18.0 Å². The van der Waals surface area contributed by atoms with Crippen LogP contribution >= 0.6 is 23.2 Å². The molecule has 0 fully saturated rings. The highest BCUT2D eigenvalue weighted by Gasteiger charge is 2.33. The van der Waals surface area contributed by atoms with Crippen molar-refractivity contribution in [2.75, 3.05) is 17.1 Å². The van der Waals surface area contributed by atoms with Crippen molar-refractivity contribution >= 4 is 50.7 Å². The number of benzene rings is 3. The molecule has 0 spiro atoms. The average Bonchev–Trinajstić information content (AvgIpc) is 2.89. The molecule has 0 aliphatic rings. The molecular formula is C32H39Cl2N3O4S.